The highest BCUT2D eigenvalue weighted by Crippen LogP contribution is 2.19. The average Bonchev–Trinajstić information content (AvgIpc) is 2.26. The second-order valence-corrected chi connectivity index (χ2v) is 3.29. The van der Waals surface area contributed by atoms with Gasteiger partial charge in [-0.25, -0.2) is 0 Å². The van der Waals surface area contributed by atoms with Gasteiger partial charge in [-0.05, 0) is 30.7 Å². The van der Waals surface area contributed by atoms with E-state index < -0.39 is 0 Å². The summed E-state index contributed by atoms with van der Waals surface area (Å²) in [6.45, 7) is 5.33. The Kier molecular flexibility index (Phi) is 4.47. The Hall–Kier alpha value is -1.02. The van der Waals surface area contributed by atoms with Crippen LogP contribution in [0.3, 0.4) is 0 Å². The maximum absolute atomic E-state index is 5.12. The van der Waals surface area contributed by atoms with Crippen LogP contribution in [-0.4, -0.2) is 13.7 Å². The van der Waals surface area contributed by atoms with Gasteiger partial charge in [0.05, 0.1) is 7.11 Å². The molecule has 0 saturated heterocycles. The maximum atomic E-state index is 5.12. The molecular formula is C12H19NO. The van der Waals surface area contributed by atoms with Gasteiger partial charge in [0, 0.05) is 6.04 Å². The molecule has 78 valence electrons. The lowest BCUT2D eigenvalue weighted by Crippen LogP contribution is -2.19. The lowest BCUT2D eigenvalue weighted by Gasteiger charge is -2.16. The summed E-state index contributed by atoms with van der Waals surface area (Å²) in [5.74, 6) is 0.917. The van der Waals surface area contributed by atoms with Gasteiger partial charge in [0.15, 0.2) is 0 Å². The quantitative estimate of drug-likeness (QED) is 0.776. The zero-order valence-corrected chi connectivity index (χ0v) is 9.21. The molecule has 0 unspecified atom stereocenters. The number of rotatable bonds is 5. The summed E-state index contributed by atoms with van der Waals surface area (Å²) in [5.41, 5.74) is 1.33. The van der Waals surface area contributed by atoms with Crippen LogP contribution >= 0.6 is 0 Å². The highest BCUT2D eigenvalue weighted by molar-refractivity contribution is 5.29. The van der Waals surface area contributed by atoms with Crippen molar-refractivity contribution in [2.24, 2.45) is 0 Å². The van der Waals surface area contributed by atoms with E-state index in [9.17, 15) is 0 Å². The van der Waals surface area contributed by atoms with Crippen LogP contribution in [0.5, 0.6) is 5.75 Å². The van der Waals surface area contributed by atoms with Crippen molar-refractivity contribution in [2.75, 3.05) is 13.7 Å². The topological polar surface area (TPSA) is 21.3 Å². The van der Waals surface area contributed by atoms with Gasteiger partial charge in [0.2, 0.25) is 0 Å². The van der Waals surface area contributed by atoms with Crippen molar-refractivity contribution in [3.05, 3.63) is 29.8 Å². The summed E-state index contributed by atoms with van der Waals surface area (Å²) in [5, 5.41) is 3.45. The van der Waals surface area contributed by atoms with Crippen molar-refractivity contribution in [3.8, 4) is 5.75 Å². The summed E-state index contributed by atoms with van der Waals surface area (Å²) in [4.78, 5) is 0. The predicted octanol–water partition coefficient (Wildman–Crippen LogP) is 2.76. The van der Waals surface area contributed by atoms with Crippen LogP contribution in [0, 0.1) is 0 Å². The molecule has 0 aliphatic carbocycles. The number of benzene rings is 1. The lowest BCUT2D eigenvalue weighted by atomic mass is 10.0. The summed E-state index contributed by atoms with van der Waals surface area (Å²) in [6.07, 6.45) is 1.11. The smallest absolute Gasteiger partial charge is 0.118 e. The number of hydrogen-bond acceptors (Lipinski definition) is 2. The lowest BCUT2D eigenvalue weighted by molar-refractivity contribution is 0.414. The third-order valence-corrected chi connectivity index (χ3v) is 2.38. The molecule has 0 radical (unpaired) electrons. The Morgan fingerprint density at radius 1 is 1.21 bits per heavy atom. The molecule has 2 nitrogen and oxygen atoms in total. The van der Waals surface area contributed by atoms with Gasteiger partial charge in [0.1, 0.15) is 5.75 Å². The second-order valence-electron chi connectivity index (χ2n) is 3.29. The molecule has 1 aromatic rings. The average molecular weight is 193 g/mol. The molecule has 2 heteroatoms. The van der Waals surface area contributed by atoms with E-state index in [1.807, 2.05) is 12.1 Å². The molecule has 0 amide bonds. The fraction of sp³-hybridized carbons (Fsp3) is 0.500. The second kappa shape index (κ2) is 5.66. The minimum Gasteiger partial charge on any atom is -0.497 e. The molecule has 0 aliphatic rings. The fourth-order valence-electron chi connectivity index (χ4n) is 1.58. The van der Waals surface area contributed by atoms with Crippen LogP contribution in [0.25, 0.3) is 0 Å². The van der Waals surface area contributed by atoms with Gasteiger partial charge < -0.3 is 10.1 Å². The molecule has 0 heterocycles. The van der Waals surface area contributed by atoms with Gasteiger partial charge >= 0.3 is 0 Å². The zero-order valence-electron chi connectivity index (χ0n) is 9.21. The van der Waals surface area contributed by atoms with Crippen molar-refractivity contribution in [1.82, 2.24) is 5.32 Å². The first kappa shape index (κ1) is 11.1. The Morgan fingerprint density at radius 3 is 2.29 bits per heavy atom. The summed E-state index contributed by atoms with van der Waals surface area (Å²) in [7, 11) is 1.69. The SMILES string of the molecule is CCN[C@H](CC)c1ccc(OC)cc1. The molecule has 1 rings (SSSR count). The van der Waals surface area contributed by atoms with Crippen LogP contribution < -0.4 is 10.1 Å². The molecule has 0 aromatic heterocycles. The normalized spacial score (nSPS) is 12.5. The van der Waals surface area contributed by atoms with Crippen molar-refractivity contribution < 1.29 is 4.74 Å². The minimum absolute atomic E-state index is 0.464. The van der Waals surface area contributed by atoms with E-state index in [1.54, 1.807) is 7.11 Å². The monoisotopic (exact) mass is 193 g/mol. The molecule has 0 bridgehead atoms. The van der Waals surface area contributed by atoms with Crippen molar-refractivity contribution in [1.29, 1.82) is 0 Å². The molecule has 1 atom stereocenters. The van der Waals surface area contributed by atoms with Crippen LogP contribution in [-0.2, 0) is 0 Å². The highest BCUT2D eigenvalue weighted by Gasteiger charge is 2.06. The van der Waals surface area contributed by atoms with E-state index in [2.05, 4.69) is 31.3 Å². The zero-order chi connectivity index (χ0) is 10.4. The van der Waals surface area contributed by atoms with Gasteiger partial charge in [-0.2, -0.15) is 0 Å². The molecular weight excluding hydrogens is 174 g/mol. The van der Waals surface area contributed by atoms with E-state index >= 15 is 0 Å². The molecule has 0 fully saturated rings. The fourth-order valence-corrected chi connectivity index (χ4v) is 1.58. The molecule has 0 saturated carbocycles. The van der Waals surface area contributed by atoms with Gasteiger partial charge in [-0.15, -0.1) is 0 Å². The van der Waals surface area contributed by atoms with Crippen LogP contribution in [0.1, 0.15) is 31.9 Å². The first-order valence-electron chi connectivity index (χ1n) is 5.19. The maximum Gasteiger partial charge on any atom is 0.118 e. The van der Waals surface area contributed by atoms with Gasteiger partial charge in [0.25, 0.3) is 0 Å². The number of ether oxygens (including phenoxy) is 1. The number of nitrogens with one attached hydrogen (secondary N) is 1. The van der Waals surface area contributed by atoms with E-state index in [-0.39, 0.29) is 0 Å². The molecule has 1 N–H and O–H groups in total. The standard InChI is InChI=1S/C12H19NO/c1-4-12(13-5-2)10-6-8-11(14-3)9-7-10/h6-9,12-13H,4-5H2,1-3H3/t12-/m1/s1. The molecule has 0 aliphatic heterocycles. The summed E-state index contributed by atoms with van der Waals surface area (Å²) in [6, 6.07) is 8.72. The Morgan fingerprint density at radius 2 is 1.86 bits per heavy atom. The largest absolute Gasteiger partial charge is 0.497 e. The predicted molar refractivity (Wildman–Crippen MR) is 59.7 cm³/mol. The summed E-state index contributed by atoms with van der Waals surface area (Å²) < 4.78 is 5.12. The first-order valence-corrected chi connectivity index (χ1v) is 5.19. The Balaban J connectivity index is 2.73. The Bertz CT molecular complexity index is 256. The molecule has 14 heavy (non-hydrogen) atoms. The van der Waals surface area contributed by atoms with Crippen molar-refractivity contribution in [2.45, 2.75) is 26.3 Å². The third kappa shape index (κ3) is 2.74. The summed E-state index contributed by atoms with van der Waals surface area (Å²) >= 11 is 0. The number of methoxy groups -OCH3 is 1. The van der Waals surface area contributed by atoms with Crippen LogP contribution in [0.15, 0.2) is 24.3 Å². The minimum atomic E-state index is 0.464. The third-order valence-electron chi connectivity index (χ3n) is 2.38. The first-order chi connectivity index (χ1) is 6.81. The Labute approximate surface area is 86.3 Å². The van der Waals surface area contributed by atoms with Crippen LogP contribution in [0.2, 0.25) is 0 Å². The van der Waals surface area contributed by atoms with Gasteiger partial charge in [-0.3, -0.25) is 0 Å². The highest BCUT2D eigenvalue weighted by atomic mass is 16.5. The van der Waals surface area contributed by atoms with E-state index in [4.69, 9.17) is 4.74 Å². The molecule has 0 spiro atoms. The number of hydrogen-bond donors (Lipinski definition) is 1. The van der Waals surface area contributed by atoms with Crippen molar-refractivity contribution in [3.63, 3.8) is 0 Å². The van der Waals surface area contributed by atoms with Crippen molar-refractivity contribution >= 4 is 0 Å². The van der Waals surface area contributed by atoms with E-state index in [1.165, 1.54) is 5.56 Å². The van der Waals surface area contributed by atoms with Crippen LogP contribution in [0.4, 0.5) is 0 Å². The van der Waals surface area contributed by atoms with Gasteiger partial charge in [-0.1, -0.05) is 26.0 Å². The van der Waals surface area contributed by atoms with E-state index in [0.29, 0.717) is 6.04 Å². The molecule has 1 aromatic carbocycles. The van der Waals surface area contributed by atoms with E-state index in [0.717, 1.165) is 18.7 Å².